The number of carbonyl (C=O) groups is 2. The van der Waals surface area contributed by atoms with Crippen molar-refractivity contribution in [3.8, 4) is 5.75 Å². The lowest BCUT2D eigenvalue weighted by Crippen LogP contribution is -2.58. The molecule has 2 amide bonds. The lowest BCUT2D eigenvalue weighted by Gasteiger charge is -2.44. The van der Waals surface area contributed by atoms with Crippen LogP contribution in [0.1, 0.15) is 44.1 Å². The predicted molar refractivity (Wildman–Crippen MR) is 140 cm³/mol. The number of ether oxygens (including phenoxy) is 3. The van der Waals surface area contributed by atoms with E-state index in [0.717, 1.165) is 11.6 Å². The van der Waals surface area contributed by atoms with Crippen LogP contribution in [0.2, 0.25) is 0 Å². The number of halogens is 2. The number of carbonyl (C=O) groups excluding carboxylic acids is 2. The van der Waals surface area contributed by atoms with E-state index in [1.54, 1.807) is 16.5 Å². The predicted octanol–water partition coefficient (Wildman–Crippen LogP) is 3.03. The molecule has 1 spiro atoms. The summed E-state index contributed by atoms with van der Waals surface area (Å²) in [7, 11) is 3.08. The largest absolute Gasteiger partial charge is 0.483 e. The number of rotatable bonds is 8. The maximum atomic E-state index is 14.2. The van der Waals surface area contributed by atoms with Gasteiger partial charge in [-0.25, -0.2) is 8.78 Å². The summed E-state index contributed by atoms with van der Waals surface area (Å²) in [6.07, 6.45) is 0.568. The van der Waals surface area contributed by atoms with Crippen molar-refractivity contribution in [3.63, 3.8) is 0 Å². The van der Waals surface area contributed by atoms with E-state index in [2.05, 4.69) is 5.32 Å². The third kappa shape index (κ3) is 4.98. The van der Waals surface area contributed by atoms with Gasteiger partial charge in [0.2, 0.25) is 5.43 Å². The second-order valence-electron chi connectivity index (χ2n) is 9.93. The monoisotopic (exact) mass is 553 g/mol. The maximum Gasteiger partial charge on any atom is 0.274 e. The molecule has 2 aliphatic heterocycles. The first-order valence-electron chi connectivity index (χ1n) is 12.8. The molecule has 210 valence electrons. The SMILES string of the molecule is COCc1c(C(=O)NCc2ccc(F)cc2F)c(=O)c(OCc2ccccc2)c2n1CC1(CCOC1)N(C)C2=O. The van der Waals surface area contributed by atoms with E-state index in [9.17, 15) is 23.2 Å². The van der Waals surface area contributed by atoms with Crippen LogP contribution in [0.4, 0.5) is 8.78 Å². The van der Waals surface area contributed by atoms with Gasteiger partial charge in [-0.15, -0.1) is 0 Å². The lowest BCUT2D eigenvalue weighted by molar-refractivity contribution is 0.0324. The zero-order valence-corrected chi connectivity index (χ0v) is 22.2. The third-order valence-electron chi connectivity index (χ3n) is 7.47. The highest BCUT2D eigenvalue weighted by molar-refractivity contribution is 6.00. The van der Waals surface area contributed by atoms with Gasteiger partial charge in [0, 0.05) is 45.5 Å². The third-order valence-corrected chi connectivity index (χ3v) is 7.47. The van der Waals surface area contributed by atoms with E-state index in [1.165, 1.54) is 13.2 Å². The number of pyridine rings is 1. The summed E-state index contributed by atoms with van der Waals surface area (Å²) < 4.78 is 46.2. The Kier molecular flexibility index (Phi) is 7.68. The molecular formula is C29H29F2N3O6. The number of aromatic nitrogens is 1. The van der Waals surface area contributed by atoms with E-state index >= 15 is 0 Å². The second kappa shape index (κ2) is 11.2. The number of methoxy groups -OCH3 is 1. The van der Waals surface area contributed by atoms with Crippen molar-refractivity contribution in [1.29, 1.82) is 0 Å². The van der Waals surface area contributed by atoms with Gasteiger partial charge in [-0.1, -0.05) is 36.4 Å². The molecule has 1 saturated heterocycles. The van der Waals surface area contributed by atoms with Gasteiger partial charge in [-0.3, -0.25) is 14.4 Å². The zero-order valence-electron chi connectivity index (χ0n) is 22.2. The van der Waals surface area contributed by atoms with Crippen molar-refractivity contribution in [2.45, 2.75) is 38.3 Å². The molecule has 2 aromatic carbocycles. The zero-order chi connectivity index (χ0) is 28.4. The number of likely N-dealkylation sites (N-methyl/N-ethyl adjacent to an activating group) is 1. The molecule has 0 saturated carbocycles. The molecule has 40 heavy (non-hydrogen) atoms. The average molecular weight is 554 g/mol. The van der Waals surface area contributed by atoms with Gasteiger partial charge in [0.25, 0.3) is 11.8 Å². The Morgan fingerprint density at radius 3 is 2.58 bits per heavy atom. The quantitative estimate of drug-likeness (QED) is 0.461. The minimum Gasteiger partial charge on any atom is -0.483 e. The second-order valence-corrected chi connectivity index (χ2v) is 9.93. The van der Waals surface area contributed by atoms with Gasteiger partial charge < -0.3 is 29.0 Å². The van der Waals surface area contributed by atoms with E-state index < -0.39 is 34.4 Å². The van der Waals surface area contributed by atoms with Crippen molar-refractivity contribution >= 4 is 11.8 Å². The van der Waals surface area contributed by atoms with Crippen molar-refractivity contribution in [3.05, 3.63) is 98.5 Å². The van der Waals surface area contributed by atoms with Gasteiger partial charge in [0.1, 0.15) is 23.8 Å². The first-order valence-corrected chi connectivity index (χ1v) is 12.8. The Hall–Kier alpha value is -4.09. The smallest absolute Gasteiger partial charge is 0.274 e. The van der Waals surface area contributed by atoms with Crippen molar-refractivity contribution < 1.29 is 32.6 Å². The summed E-state index contributed by atoms with van der Waals surface area (Å²) in [5.41, 5.74) is -0.719. The number of hydrogen-bond acceptors (Lipinski definition) is 6. The molecule has 1 fully saturated rings. The Morgan fingerprint density at radius 1 is 1.12 bits per heavy atom. The fourth-order valence-corrected chi connectivity index (χ4v) is 5.21. The number of nitrogens with one attached hydrogen (secondary N) is 1. The molecule has 1 N–H and O–H groups in total. The number of fused-ring (bicyclic) bond motifs is 1. The molecule has 0 aliphatic carbocycles. The molecule has 5 rings (SSSR count). The number of hydrogen-bond donors (Lipinski definition) is 1. The number of amides is 2. The summed E-state index contributed by atoms with van der Waals surface area (Å²) in [5, 5.41) is 2.56. The van der Waals surface area contributed by atoms with Crippen molar-refractivity contribution in [2.75, 3.05) is 27.4 Å². The van der Waals surface area contributed by atoms with Crippen LogP contribution in [-0.2, 0) is 35.8 Å². The highest BCUT2D eigenvalue weighted by atomic mass is 19.1. The van der Waals surface area contributed by atoms with Gasteiger partial charge in [-0.05, 0) is 18.1 Å². The van der Waals surface area contributed by atoms with Gasteiger partial charge >= 0.3 is 0 Å². The van der Waals surface area contributed by atoms with E-state index in [-0.39, 0.29) is 54.6 Å². The molecule has 3 aromatic rings. The van der Waals surface area contributed by atoms with Crippen LogP contribution in [0, 0.1) is 11.6 Å². The number of benzene rings is 2. The highest BCUT2D eigenvalue weighted by Crippen LogP contribution is 2.36. The van der Waals surface area contributed by atoms with Gasteiger partial charge in [-0.2, -0.15) is 0 Å². The van der Waals surface area contributed by atoms with Crippen LogP contribution in [0.5, 0.6) is 5.75 Å². The maximum absolute atomic E-state index is 14.2. The van der Waals surface area contributed by atoms with Gasteiger partial charge in [0.15, 0.2) is 11.4 Å². The summed E-state index contributed by atoms with van der Waals surface area (Å²) in [5.74, 6) is -3.07. The summed E-state index contributed by atoms with van der Waals surface area (Å²) >= 11 is 0. The number of nitrogens with zero attached hydrogens (tertiary/aromatic N) is 2. The Morgan fingerprint density at radius 2 is 1.90 bits per heavy atom. The molecule has 2 aliphatic rings. The average Bonchev–Trinajstić information content (AvgIpc) is 3.41. The Balaban J connectivity index is 1.62. The van der Waals surface area contributed by atoms with Crippen molar-refractivity contribution in [2.24, 2.45) is 0 Å². The first-order chi connectivity index (χ1) is 19.3. The molecular weight excluding hydrogens is 524 g/mol. The molecule has 1 aromatic heterocycles. The topological polar surface area (TPSA) is 99.1 Å². The first kappa shape index (κ1) is 27.5. The molecule has 0 bridgehead atoms. The summed E-state index contributed by atoms with van der Waals surface area (Å²) in [6.45, 7) is 0.540. The molecule has 3 heterocycles. The minimum absolute atomic E-state index is 0.0141. The Bertz CT molecular complexity index is 1500. The highest BCUT2D eigenvalue weighted by Gasteiger charge is 2.48. The molecule has 1 unspecified atom stereocenters. The van der Waals surface area contributed by atoms with E-state index in [1.807, 2.05) is 30.3 Å². The van der Waals surface area contributed by atoms with E-state index in [0.29, 0.717) is 25.7 Å². The van der Waals surface area contributed by atoms with Gasteiger partial charge in [0.05, 0.1) is 24.4 Å². The molecule has 0 radical (unpaired) electrons. The lowest BCUT2D eigenvalue weighted by atomic mass is 9.91. The van der Waals surface area contributed by atoms with Crippen LogP contribution >= 0.6 is 0 Å². The molecule has 11 heteroatoms. The minimum atomic E-state index is -0.830. The van der Waals surface area contributed by atoms with Crippen molar-refractivity contribution in [1.82, 2.24) is 14.8 Å². The van der Waals surface area contributed by atoms with Crippen LogP contribution in [0.15, 0.2) is 53.3 Å². The summed E-state index contributed by atoms with van der Waals surface area (Å²) in [6, 6.07) is 12.1. The van der Waals surface area contributed by atoms with Crippen LogP contribution in [0.25, 0.3) is 0 Å². The standard InChI is InChI=1S/C29H29F2N3O6/c1-33-28(37)24-26(40-14-18-6-4-3-5-7-18)25(35)23(27(36)32-13-19-8-9-20(30)12-21(19)31)22(15-38-2)34(24)16-29(33)10-11-39-17-29/h3-9,12H,10-11,13-17H2,1-2H3,(H,32,36). The summed E-state index contributed by atoms with van der Waals surface area (Å²) in [4.78, 5) is 42.8. The fraction of sp³-hybridized carbons (Fsp3) is 0.345. The molecule has 1 atom stereocenters. The van der Waals surface area contributed by atoms with Crippen LogP contribution in [0.3, 0.4) is 0 Å². The van der Waals surface area contributed by atoms with Crippen LogP contribution < -0.4 is 15.5 Å². The normalized spacial score (nSPS) is 18.2. The fourth-order valence-electron chi connectivity index (χ4n) is 5.21. The van der Waals surface area contributed by atoms with E-state index in [4.69, 9.17) is 14.2 Å². The Labute approximate surface area is 229 Å². The molecule has 9 nitrogen and oxygen atoms in total. The van der Waals surface area contributed by atoms with Crippen LogP contribution in [-0.4, -0.2) is 54.2 Å².